The van der Waals surface area contributed by atoms with Crippen LogP contribution in [0.15, 0.2) is 36.7 Å². The van der Waals surface area contributed by atoms with Crippen LogP contribution in [0.1, 0.15) is 15.9 Å². The number of nitrogens with zero attached hydrogens (tertiary/aromatic N) is 2. The van der Waals surface area contributed by atoms with E-state index >= 15 is 0 Å². The molecule has 0 amide bonds. The Bertz CT molecular complexity index is 777. The molecule has 2 N–H and O–H groups in total. The van der Waals surface area contributed by atoms with Crippen molar-refractivity contribution in [1.82, 2.24) is 15.0 Å². The van der Waals surface area contributed by atoms with Gasteiger partial charge in [-0.25, -0.2) is 9.78 Å². The molecular weight excluding hydrogens is 242 g/mol. The standard InChI is InChI=1S/C14H11N3O2/c1-8-5-9(7-15-6-8)13-16-11-4-2-3-10(14(18)19)12(11)17-13/h2-7H,1H3,(H,16,17)(H,18,19). The van der Waals surface area contributed by atoms with Gasteiger partial charge >= 0.3 is 5.97 Å². The number of aromatic amines is 1. The Morgan fingerprint density at radius 1 is 1.32 bits per heavy atom. The van der Waals surface area contributed by atoms with Gasteiger partial charge in [0.1, 0.15) is 11.3 Å². The second-order valence-electron chi connectivity index (χ2n) is 4.34. The number of hydrogen-bond donors (Lipinski definition) is 2. The Labute approximate surface area is 109 Å². The maximum Gasteiger partial charge on any atom is 0.337 e. The number of aryl methyl sites for hydroxylation is 1. The van der Waals surface area contributed by atoms with Gasteiger partial charge in [-0.1, -0.05) is 6.07 Å². The molecule has 19 heavy (non-hydrogen) atoms. The number of para-hydroxylation sites is 1. The van der Waals surface area contributed by atoms with Crippen LogP contribution in [0.3, 0.4) is 0 Å². The molecule has 3 aromatic rings. The predicted octanol–water partition coefficient (Wildman–Crippen LogP) is 2.63. The smallest absolute Gasteiger partial charge is 0.337 e. The molecule has 5 heteroatoms. The van der Waals surface area contributed by atoms with Gasteiger partial charge in [-0.05, 0) is 30.7 Å². The van der Waals surface area contributed by atoms with Crippen molar-refractivity contribution in [3.63, 3.8) is 0 Å². The lowest BCUT2D eigenvalue weighted by atomic mass is 10.2. The number of hydrogen-bond acceptors (Lipinski definition) is 3. The Balaban J connectivity index is 2.22. The van der Waals surface area contributed by atoms with Crippen LogP contribution < -0.4 is 0 Å². The van der Waals surface area contributed by atoms with Gasteiger partial charge in [0.25, 0.3) is 0 Å². The first-order valence-electron chi connectivity index (χ1n) is 5.79. The van der Waals surface area contributed by atoms with E-state index in [2.05, 4.69) is 15.0 Å². The van der Waals surface area contributed by atoms with Crippen molar-refractivity contribution in [2.24, 2.45) is 0 Å². The first-order chi connectivity index (χ1) is 9.15. The van der Waals surface area contributed by atoms with Crippen LogP contribution in [0, 0.1) is 6.92 Å². The fourth-order valence-electron chi connectivity index (χ4n) is 2.03. The van der Waals surface area contributed by atoms with Gasteiger partial charge in [-0.15, -0.1) is 0 Å². The molecule has 5 nitrogen and oxygen atoms in total. The number of benzene rings is 1. The molecule has 0 atom stereocenters. The van der Waals surface area contributed by atoms with Gasteiger partial charge in [0.05, 0.1) is 11.1 Å². The van der Waals surface area contributed by atoms with E-state index in [4.69, 9.17) is 5.11 Å². The Kier molecular flexibility index (Phi) is 2.52. The molecule has 3 rings (SSSR count). The second kappa shape index (κ2) is 4.20. The third-order valence-electron chi connectivity index (χ3n) is 2.89. The molecule has 0 aliphatic heterocycles. The van der Waals surface area contributed by atoms with E-state index in [-0.39, 0.29) is 5.56 Å². The summed E-state index contributed by atoms with van der Waals surface area (Å²) in [6, 6.07) is 7.00. The van der Waals surface area contributed by atoms with Crippen molar-refractivity contribution in [2.75, 3.05) is 0 Å². The first kappa shape index (κ1) is 11.4. The Morgan fingerprint density at radius 2 is 2.16 bits per heavy atom. The summed E-state index contributed by atoms with van der Waals surface area (Å²) in [5.74, 6) is -0.356. The normalized spacial score (nSPS) is 10.8. The molecular formula is C14H11N3O2. The molecule has 0 spiro atoms. The van der Waals surface area contributed by atoms with E-state index in [1.165, 1.54) is 0 Å². The van der Waals surface area contributed by atoms with Gasteiger partial charge in [-0.2, -0.15) is 0 Å². The summed E-state index contributed by atoms with van der Waals surface area (Å²) in [5.41, 5.74) is 3.23. The summed E-state index contributed by atoms with van der Waals surface area (Å²) in [4.78, 5) is 22.7. The van der Waals surface area contributed by atoms with Crippen LogP contribution in [0.4, 0.5) is 0 Å². The number of imidazole rings is 1. The predicted molar refractivity (Wildman–Crippen MR) is 71.0 cm³/mol. The summed E-state index contributed by atoms with van der Waals surface area (Å²) in [6.07, 6.45) is 3.46. The summed E-state index contributed by atoms with van der Waals surface area (Å²) in [7, 11) is 0. The molecule has 0 aliphatic carbocycles. The molecule has 0 saturated heterocycles. The molecule has 0 radical (unpaired) electrons. The summed E-state index contributed by atoms with van der Waals surface area (Å²) < 4.78 is 0. The fourth-order valence-corrected chi connectivity index (χ4v) is 2.03. The maximum atomic E-state index is 11.1. The Morgan fingerprint density at radius 3 is 2.89 bits per heavy atom. The lowest BCUT2D eigenvalue weighted by Gasteiger charge is -1.96. The topological polar surface area (TPSA) is 78.9 Å². The van der Waals surface area contributed by atoms with Gasteiger partial charge in [0.15, 0.2) is 0 Å². The largest absolute Gasteiger partial charge is 0.478 e. The van der Waals surface area contributed by atoms with E-state index in [0.29, 0.717) is 16.9 Å². The number of pyridine rings is 1. The maximum absolute atomic E-state index is 11.1. The highest BCUT2D eigenvalue weighted by Gasteiger charge is 2.13. The lowest BCUT2D eigenvalue weighted by Crippen LogP contribution is -1.96. The van der Waals surface area contributed by atoms with Crippen molar-refractivity contribution < 1.29 is 9.90 Å². The number of nitrogens with one attached hydrogen (secondary N) is 1. The van der Waals surface area contributed by atoms with Gasteiger partial charge in [-0.3, -0.25) is 4.98 Å². The monoisotopic (exact) mass is 253 g/mol. The fraction of sp³-hybridized carbons (Fsp3) is 0.0714. The van der Waals surface area contributed by atoms with Gasteiger partial charge in [0.2, 0.25) is 0 Å². The number of aromatic nitrogens is 3. The van der Waals surface area contributed by atoms with Crippen molar-refractivity contribution in [3.05, 3.63) is 47.8 Å². The van der Waals surface area contributed by atoms with Crippen LogP contribution in [0.25, 0.3) is 22.4 Å². The third kappa shape index (κ3) is 1.95. The van der Waals surface area contributed by atoms with Gasteiger partial charge in [0, 0.05) is 18.0 Å². The third-order valence-corrected chi connectivity index (χ3v) is 2.89. The lowest BCUT2D eigenvalue weighted by molar-refractivity contribution is 0.0699. The first-order valence-corrected chi connectivity index (χ1v) is 5.79. The molecule has 0 aliphatic rings. The molecule has 0 bridgehead atoms. The second-order valence-corrected chi connectivity index (χ2v) is 4.34. The number of carboxylic acid groups (broad SMARTS) is 1. The highest BCUT2D eigenvalue weighted by Crippen LogP contribution is 2.22. The van der Waals surface area contributed by atoms with E-state index in [1.807, 2.05) is 19.1 Å². The molecule has 94 valence electrons. The van der Waals surface area contributed by atoms with Crippen molar-refractivity contribution in [2.45, 2.75) is 6.92 Å². The quantitative estimate of drug-likeness (QED) is 0.735. The average Bonchev–Trinajstić information content (AvgIpc) is 2.82. The summed E-state index contributed by atoms with van der Waals surface area (Å²) in [6.45, 7) is 1.95. The van der Waals surface area contributed by atoms with Crippen molar-refractivity contribution in [3.8, 4) is 11.4 Å². The SMILES string of the molecule is Cc1cncc(-c2nc3c(C(=O)O)cccc3[nH]2)c1. The number of fused-ring (bicyclic) bond motifs is 1. The van der Waals surface area contributed by atoms with E-state index < -0.39 is 5.97 Å². The van der Waals surface area contributed by atoms with Crippen molar-refractivity contribution >= 4 is 17.0 Å². The van der Waals surface area contributed by atoms with E-state index in [9.17, 15) is 4.79 Å². The van der Waals surface area contributed by atoms with Crippen LogP contribution in [0.5, 0.6) is 0 Å². The zero-order valence-electron chi connectivity index (χ0n) is 10.2. The highest BCUT2D eigenvalue weighted by molar-refractivity contribution is 6.01. The number of rotatable bonds is 2. The summed E-state index contributed by atoms with van der Waals surface area (Å²) in [5, 5.41) is 9.14. The van der Waals surface area contributed by atoms with Crippen LogP contribution in [-0.4, -0.2) is 26.0 Å². The number of H-pyrrole nitrogens is 1. The van der Waals surface area contributed by atoms with Crippen molar-refractivity contribution in [1.29, 1.82) is 0 Å². The summed E-state index contributed by atoms with van der Waals surface area (Å²) >= 11 is 0. The molecule has 1 aromatic carbocycles. The minimum atomic E-state index is -0.981. The van der Waals surface area contributed by atoms with Crippen LogP contribution in [-0.2, 0) is 0 Å². The number of carboxylic acids is 1. The molecule has 0 unspecified atom stereocenters. The molecule has 2 aromatic heterocycles. The molecule has 2 heterocycles. The molecule has 0 saturated carbocycles. The van der Waals surface area contributed by atoms with E-state index in [0.717, 1.165) is 11.1 Å². The van der Waals surface area contributed by atoms with Crippen LogP contribution in [0.2, 0.25) is 0 Å². The van der Waals surface area contributed by atoms with Crippen LogP contribution >= 0.6 is 0 Å². The highest BCUT2D eigenvalue weighted by atomic mass is 16.4. The molecule has 0 fully saturated rings. The number of carbonyl (C=O) groups is 1. The minimum absolute atomic E-state index is 0.195. The van der Waals surface area contributed by atoms with E-state index in [1.54, 1.807) is 24.5 Å². The zero-order chi connectivity index (χ0) is 13.4. The van der Waals surface area contributed by atoms with Gasteiger partial charge < -0.3 is 10.1 Å². The average molecular weight is 253 g/mol. The zero-order valence-corrected chi connectivity index (χ0v) is 10.2. The number of aromatic carboxylic acids is 1. The minimum Gasteiger partial charge on any atom is -0.478 e. The Hall–Kier alpha value is -2.69.